The lowest BCUT2D eigenvalue weighted by molar-refractivity contribution is 0.0408. The molecular formula is C41H44BF9N6O10. The average Bonchev–Trinajstić information content (AvgIpc) is 3.86. The summed E-state index contributed by atoms with van der Waals surface area (Å²) in [6.07, 6.45) is -3.52. The number of halogens is 9. The molecule has 4 aliphatic heterocycles. The number of carbonyl (C=O) groups excluding carboxylic acids is 2. The van der Waals surface area contributed by atoms with Gasteiger partial charge in [0.15, 0.2) is 23.1 Å². The topological polar surface area (TPSA) is 206 Å². The van der Waals surface area contributed by atoms with Crippen molar-refractivity contribution in [3.8, 4) is 11.5 Å². The molecule has 4 unspecified atom stereocenters. The first-order valence-electron chi connectivity index (χ1n) is 20.5. The van der Waals surface area contributed by atoms with Gasteiger partial charge in [-0.25, -0.2) is 49.4 Å². The third-order valence-corrected chi connectivity index (χ3v) is 11.2. The maximum Gasteiger partial charge on any atom is 0.798 e. The quantitative estimate of drug-likeness (QED) is 0.134. The van der Waals surface area contributed by atoms with E-state index in [1.54, 1.807) is 39.2 Å². The van der Waals surface area contributed by atoms with Crippen LogP contribution in [0, 0.1) is 29.3 Å². The molecule has 0 bridgehead atoms. The molecule has 67 heavy (non-hydrogen) atoms. The minimum atomic E-state index is -3.40. The molecule has 6 atom stereocenters. The number of anilines is 1. The molecular weight excluding hydrogens is 918 g/mol. The lowest BCUT2D eigenvalue weighted by Gasteiger charge is -2.31. The van der Waals surface area contributed by atoms with E-state index in [1.165, 1.54) is 15.7 Å². The van der Waals surface area contributed by atoms with Crippen LogP contribution in [0.15, 0.2) is 34.1 Å². The van der Waals surface area contributed by atoms with E-state index in [2.05, 4.69) is 15.3 Å². The third kappa shape index (κ3) is 10.4. The van der Waals surface area contributed by atoms with Gasteiger partial charge in [-0.05, 0) is 46.8 Å². The standard InChI is InChI=1S/C18H18F3N3O4.C13H8BF4NO4.C10H18F2N2O2/c1-7-6-28-16-13-8(15(25)10(18(26)27)4-24(7)13)2-11(19)14(16)23-3-9(17(20)21)12(22)5-23;1-5-4-22-12-9(16)8(15)2-6-10(12)19(5)3-7(11(6)20)13(21)23-14(17)18;1-10(2,3)16-9(15)14-7-5-13-4-6(7)8(11)12/h2,4,7,9,12,17H,3,5-6,22H2,1H3,(H,26,27);2-3,5H,4H2,1H3;6-8,13H,4-5H2,1-3H3,(H,14,15)/t7-,9?,12?;5-;/m00./s1. The second-order valence-corrected chi connectivity index (χ2v) is 17.2. The van der Waals surface area contributed by atoms with Crippen LogP contribution in [-0.4, -0.2) is 110 Å². The third-order valence-electron chi connectivity index (χ3n) is 11.2. The van der Waals surface area contributed by atoms with Crippen molar-refractivity contribution in [1.82, 2.24) is 19.8 Å². The monoisotopic (exact) mass is 962 g/mol. The van der Waals surface area contributed by atoms with Gasteiger partial charge in [0.2, 0.25) is 29.5 Å². The van der Waals surface area contributed by atoms with Crippen molar-refractivity contribution >= 4 is 53.0 Å². The summed E-state index contributed by atoms with van der Waals surface area (Å²) >= 11 is 0. The predicted octanol–water partition coefficient (Wildman–Crippen LogP) is 5.50. The minimum Gasteiger partial charge on any atom is -0.487 e. The Morgan fingerprint density at radius 2 is 1.39 bits per heavy atom. The van der Waals surface area contributed by atoms with Gasteiger partial charge in [0, 0.05) is 44.6 Å². The molecule has 26 heteroatoms. The first-order chi connectivity index (χ1) is 31.3. The van der Waals surface area contributed by atoms with Crippen molar-refractivity contribution in [3.63, 3.8) is 0 Å². The highest BCUT2D eigenvalue weighted by Gasteiger charge is 2.41. The van der Waals surface area contributed by atoms with Gasteiger partial charge >= 0.3 is 25.5 Å². The molecule has 4 aromatic rings. The number of benzene rings is 2. The summed E-state index contributed by atoms with van der Waals surface area (Å²) in [5.74, 6) is -8.76. The summed E-state index contributed by atoms with van der Waals surface area (Å²) in [6.45, 7) is 9.08. The molecule has 8 rings (SSSR count). The van der Waals surface area contributed by atoms with Crippen LogP contribution in [0.5, 0.6) is 11.5 Å². The molecule has 1 amide bonds. The van der Waals surface area contributed by atoms with E-state index in [-0.39, 0.29) is 72.1 Å². The Morgan fingerprint density at radius 3 is 1.93 bits per heavy atom. The predicted molar refractivity (Wildman–Crippen MR) is 222 cm³/mol. The van der Waals surface area contributed by atoms with E-state index >= 15 is 0 Å². The molecule has 2 fully saturated rings. The van der Waals surface area contributed by atoms with Gasteiger partial charge in [-0.1, -0.05) is 0 Å². The zero-order valence-corrected chi connectivity index (χ0v) is 36.2. The van der Waals surface area contributed by atoms with Crippen molar-refractivity contribution in [2.45, 2.75) is 77.2 Å². The van der Waals surface area contributed by atoms with E-state index in [4.69, 9.17) is 19.9 Å². The Kier molecular flexibility index (Phi) is 14.7. The van der Waals surface area contributed by atoms with Gasteiger partial charge in [-0.15, -0.1) is 0 Å². The summed E-state index contributed by atoms with van der Waals surface area (Å²) in [4.78, 5) is 60.6. The normalized spacial score (nSPS) is 21.8. The first-order valence-corrected chi connectivity index (χ1v) is 20.5. The van der Waals surface area contributed by atoms with Gasteiger partial charge < -0.3 is 54.4 Å². The van der Waals surface area contributed by atoms with Crippen LogP contribution in [0.2, 0.25) is 0 Å². The Balaban J connectivity index is 0.000000172. The largest absolute Gasteiger partial charge is 0.798 e. The maximum atomic E-state index is 15.0. The average molecular weight is 963 g/mol. The van der Waals surface area contributed by atoms with Gasteiger partial charge in [0.25, 0.3) is 0 Å². The number of hydrogen-bond acceptors (Lipinski definition) is 12. The van der Waals surface area contributed by atoms with E-state index in [1.807, 2.05) is 0 Å². The molecule has 0 aliphatic carbocycles. The number of nitrogens with one attached hydrogen (secondary N) is 2. The SMILES string of the molecule is CC(C)(C)OC(=O)NC1CNCC1C(F)F.C[C@H]1COc2c(F)c(F)cc3c(=O)c(C(=O)OB(F)F)cn1c23.C[C@H]1COc2c(N3CC(N)C(C(F)F)C3)c(F)cc3c(=O)c(C(=O)O)cn1c23. The Morgan fingerprint density at radius 1 is 0.851 bits per heavy atom. The number of pyridine rings is 2. The molecule has 364 valence electrons. The van der Waals surface area contributed by atoms with Crippen LogP contribution in [0.4, 0.5) is 49.8 Å². The van der Waals surface area contributed by atoms with E-state index < -0.39 is 119 Å². The molecule has 2 saturated heterocycles. The fourth-order valence-electron chi connectivity index (χ4n) is 8.03. The number of nitrogens with two attached hydrogens (primary N) is 1. The maximum absolute atomic E-state index is 15.0. The lowest BCUT2D eigenvalue weighted by Crippen LogP contribution is -2.44. The molecule has 0 saturated carbocycles. The highest BCUT2D eigenvalue weighted by molar-refractivity contribution is 6.38. The van der Waals surface area contributed by atoms with Gasteiger partial charge in [0.1, 0.15) is 35.6 Å². The number of carbonyl (C=O) groups is 3. The number of aromatic nitrogens is 2. The molecule has 6 heterocycles. The number of amides is 1. The van der Waals surface area contributed by atoms with E-state index in [9.17, 15) is 68.4 Å². The van der Waals surface area contributed by atoms with Crippen LogP contribution < -0.4 is 41.6 Å². The zero-order chi connectivity index (χ0) is 49.6. The highest BCUT2D eigenvalue weighted by Crippen LogP contribution is 2.44. The number of alkyl halides is 4. The molecule has 0 radical (unpaired) electrons. The molecule has 2 aromatic heterocycles. The number of rotatable bonds is 7. The molecule has 4 aliphatic rings. The zero-order valence-electron chi connectivity index (χ0n) is 36.2. The van der Waals surface area contributed by atoms with Gasteiger partial charge in [-0.3, -0.25) is 9.59 Å². The van der Waals surface area contributed by atoms with Crippen molar-refractivity contribution in [2.24, 2.45) is 17.6 Å². The summed E-state index contributed by atoms with van der Waals surface area (Å²) in [6, 6.07) is -0.582. The molecule has 2 aromatic carbocycles. The second kappa shape index (κ2) is 19.6. The number of ether oxygens (including phenoxy) is 3. The summed E-state index contributed by atoms with van der Waals surface area (Å²) < 4.78 is 141. The summed E-state index contributed by atoms with van der Waals surface area (Å²) in [5, 5.41) is 14.1. The lowest BCUT2D eigenvalue weighted by atomic mass is 10.1. The Bertz CT molecular complexity index is 2700. The van der Waals surface area contributed by atoms with Crippen LogP contribution in [0.1, 0.15) is 67.4 Å². The number of nitrogens with zero attached hydrogens (tertiary/aromatic N) is 3. The number of carboxylic acid groups (broad SMARTS) is 1. The number of carboxylic acids is 1. The summed E-state index contributed by atoms with van der Waals surface area (Å²) in [7, 11) is -3.40. The number of aromatic carboxylic acids is 1. The smallest absolute Gasteiger partial charge is 0.487 e. The molecule has 16 nitrogen and oxygen atoms in total. The Labute approximate surface area is 374 Å². The van der Waals surface area contributed by atoms with E-state index in [0.717, 1.165) is 12.3 Å². The van der Waals surface area contributed by atoms with E-state index in [0.29, 0.717) is 12.6 Å². The van der Waals surface area contributed by atoms with Gasteiger partial charge in [0.05, 0.1) is 51.8 Å². The fraction of sp³-hybridized carbons (Fsp3) is 0.488. The van der Waals surface area contributed by atoms with Crippen LogP contribution in [-0.2, 0) is 9.39 Å². The minimum absolute atomic E-state index is 0.0147. The first kappa shape index (κ1) is 50.2. The van der Waals surface area contributed by atoms with Crippen molar-refractivity contribution in [2.75, 3.05) is 44.3 Å². The number of hydrogen-bond donors (Lipinski definition) is 4. The highest BCUT2D eigenvalue weighted by atomic mass is 19.3. The number of alkyl carbamates (subject to hydrolysis) is 1. The second-order valence-electron chi connectivity index (χ2n) is 17.2. The fourth-order valence-corrected chi connectivity index (χ4v) is 8.03. The molecule has 5 N–H and O–H groups in total. The van der Waals surface area contributed by atoms with Crippen LogP contribution in [0.3, 0.4) is 0 Å². The summed E-state index contributed by atoms with van der Waals surface area (Å²) in [5.41, 5.74) is 2.33. The van der Waals surface area contributed by atoms with Crippen molar-refractivity contribution in [3.05, 3.63) is 73.6 Å². The van der Waals surface area contributed by atoms with Crippen LogP contribution in [0.25, 0.3) is 21.8 Å². The Hall–Kier alpha value is -6.18. The van der Waals surface area contributed by atoms with Crippen molar-refractivity contribution < 1.29 is 77.7 Å². The van der Waals surface area contributed by atoms with Gasteiger partial charge in [-0.2, -0.15) is 4.39 Å². The van der Waals surface area contributed by atoms with Crippen molar-refractivity contribution in [1.29, 1.82) is 0 Å². The molecule has 0 spiro atoms. The van der Waals surface area contributed by atoms with Crippen LogP contribution >= 0.6 is 0 Å².